The average molecular weight is 418 g/mol. The molecule has 6 rings (SSSR count). The smallest absolute Gasteiger partial charge is 0.246 e. The Bertz CT molecular complexity index is 1030. The number of nitrogens with zero attached hydrogens (tertiary/aromatic N) is 7. The van der Waals surface area contributed by atoms with Crippen molar-refractivity contribution in [3.05, 3.63) is 47.8 Å². The zero-order valence-corrected chi connectivity index (χ0v) is 18.0. The summed E-state index contributed by atoms with van der Waals surface area (Å²) < 4.78 is 0. The van der Waals surface area contributed by atoms with E-state index in [-0.39, 0.29) is 23.3 Å². The van der Waals surface area contributed by atoms with Gasteiger partial charge in [0.15, 0.2) is 0 Å². The molecular weight excluding hydrogens is 390 g/mol. The van der Waals surface area contributed by atoms with Gasteiger partial charge in [-0.2, -0.15) is 10.2 Å². The van der Waals surface area contributed by atoms with Crippen molar-refractivity contribution in [2.24, 2.45) is 27.5 Å². The van der Waals surface area contributed by atoms with Gasteiger partial charge in [0.05, 0.1) is 29.0 Å². The van der Waals surface area contributed by atoms with Gasteiger partial charge in [-0.25, -0.2) is 5.01 Å². The van der Waals surface area contributed by atoms with Crippen LogP contribution in [0.2, 0.25) is 0 Å². The maximum Gasteiger partial charge on any atom is 0.246 e. The van der Waals surface area contributed by atoms with Gasteiger partial charge < -0.3 is 0 Å². The third-order valence-electron chi connectivity index (χ3n) is 7.04. The molecule has 0 N–H and O–H groups in total. The van der Waals surface area contributed by atoms with Crippen LogP contribution in [0.1, 0.15) is 48.8 Å². The Morgan fingerprint density at radius 1 is 1.26 bits per heavy atom. The topological polar surface area (TPSA) is 86.9 Å². The number of rotatable bonds is 6. The summed E-state index contributed by atoms with van der Waals surface area (Å²) in [6.07, 6.45) is 10.7. The quantitative estimate of drug-likeness (QED) is 0.532. The maximum absolute atomic E-state index is 13.5. The van der Waals surface area contributed by atoms with E-state index in [1.54, 1.807) is 23.6 Å². The highest BCUT2D eigenvalue weighted by molar-refractivity contribution is 5.83. The van der Waals surface area contributed by atoms with Gasteiger partial charge in [-0.15, -0.1) is 0 Å². The van der Waals surface area contributed by atoms with E-state index in [0.29, 0.717) is 12.3 Å². The Morgan fingerprint density at radius 3 is 2.81 bits per heavy atom. The van der Waals surface area contributed by atoms with Gasteiger partial charge in [0, 0.05) is 44.2 Å². The summed E-state index contributed by atoms with van der Waals surface area (Å²) in [5.74, 6) is 0.522. The van der Waals surface area contributed by atoms with E-state index in [1.807, 2.05) is 37.2 Å². The molecule has 0 radical (unpaired) electrons. The van der Waals surface area contributed by atoms with Crippen LogP contribution < -0.4 is 5.01 Å². The molecule has 2 atom stereocenters. The molecule has 160 valence electrons. The van der Waals surface area contributed by atoms with Gasteiger partial charge in [0.1, 0.15) is 6.04 Å². The first-order valence-corrected chi connectivity index (χ1v) is 10.8. The molecule has 2 aromatic heterocycles. The molecule has 1 aliphatic heterocycles. The third kappa shape index (κ3) is 3.40. The number of aromatic nitrogens is 3. The van der Waals surface area contributed by atoms with E-state index in [1.165, 1.54) is 0 Å². The Balaban J connectivity index is 1.29. The number of carbonyl (C=O) groups excluding carboxylic acids is 1. The van der Waals surface area contributed by atoms with Crippen molar-refractivity contribution in [1.82, 2.24) is 20.0 Å². The predicted molar refractivity (Wildman–Crippen MR) is 119 cm³/mol. The number of fused-ring (bicyclic) bond motifs is 1. The molecule has 0 saturated heterocycles. The molecule has 0 spiro atoms. The molecule has 2 bridgehead atoms. The number of hydrogen-bond acceptors (Lipinski definition) is 7. The molecule has 3 fully saturated rings. The second kappa shape index (κ2) is 7.51. The van der Waals surface area contributed by atoms with Gasteiger partial charge in [-0.05, 0) is 56.6 Å². The summed E-state index contributed by atoms with van der Waals surface area (Å²) in [7, 11) is 0. The Morgan fingerprint density at radius 2 is 2.10 bits per heavy atom. The zero-order chi connectivity index (χ0) is 21.6. The minimum atomic E-state index is -0.154. The van der Waals surface area contributed by atoms with E-state index >= 15 is 0 Å². The van der Waals surface area contributed by atoms with E-state index in [0.717, 1.165) is 48.6 Å². The van der Waals surface area contributed by atoms with Crippen LogP contribution in [0.15, 0.2) is 40.9 Å². The van der Waals surface area contributed by atoms with Gasteiger partial charge in [0.25, 0.3) is 0 Å². The summed E-state index contributed by atoms with van der Waals surface area (Å²) in [6.45, 7) is 8.43. The highest BCUT2D eigenvalue weighted by Crippen LogP contribution is 2.63. The number of pyridine rings is 1. The Labute approximate surface area is 182 Å². The fraction of sp³-hybridized carbons (Fsp3) is 0.478. The minimum absolute atomic E-state index is 0.00202. The van der Waals surface area contributed by atoms with Gasteiger partial charge >= 0.3 is 0 Å². The molecule has 0 aromatic carbocycles. The SMILES string of the molecule is C=NN(CC12CC(C1)C(C(=O)N1N=CCC1c1cnc(C)cn1)C2)c1cccnc1C. The minimum Gasteiger partial charge on any atom is -0.273 e. The number of aryl methyl sites for hydroxylation is 2. The lowest BCUT2D eigenvalue weighted by atomic mass is 9.69. The summed E-state index contributed by atoms with van der Waals surface area (Å²) in [4.78, 5) is 26.7. The fourth-order valence-electron chi connectivity index (χ4n) is 5.51. The van der Waals surface area contributed by atoms with Crippen molar-refractivity contribution in [3.63, 3.8) is 0 Å². The standard InChI is InChI=1S/C23H27N7O/c1-15-12-27-19(13-26-15)21-6-8-28-30(21)22(31)18-11-23(9-17(18)10-23)14-29(24-3)20-5-4-7-25-16(20)2/h4-5,7-8,12-13,17-18,21H,3,6,9-11,14H2,1-2H3. The Hall–Kier alpha value is -3.16. The molecule has 3 heterocycles. The van der Waals surface area contributed by atoms with Crippen LogP contribution in [-0.4, -0.2) is 45.3 Å². The van der Waals surface area contributed by atoms with Crippen molar-refractivity contribution in [2.45, 2.75) is 45.6 Å². The third-order valence-corrected chi connectivity index (χ3v) is 7.04. The molecule has 2 unspecified atom stereocenters. The molecule has 3 aliphatic carbocycles. The summed E-state index contributed by atoms with van der Waals surface area (Å²) >= 11 is 0. The number of amides is 1. The highest BCUT2D eigenvalue weighted by atomic mass is 16.2. The lowest BCUT2D eigenvalue weighted by Crippen LogP contribution is -2.39. The van der Waals surface area contributed by atoms with Crippen LogP contribution in [0, 0.1) is 31.1 Å². The van der Waals surface area contributed by atoms with Crippen LogP contribution in [0.4, 0.5) is 5.69 Å². The van der Waals surface area contributed by atoms with Crippen LogP contribution >= 0.6 is 0 Å². The van der Waals surface area contributed by atoms with Crippen molar-refractivity contribution in [3.8, 4) is 0 Å². The van der Waals surface area contributed by atoms with Crippen LogP contribution in [-0.2, 0) is 4.79 Å². The van der Waals surface area contributed by atoms with Crippen LogP contribution in [0.3, 0.4) is 0 Å². The lowest BCUT2D eigenvalue weighted by Gasteiger charge is -2.41. The van der Waals surface area contributed by atoms with Crippen molar-refractivity contribution < 1.29 is 4.79 Å². The predicted octanol–water partition coefficient (Wildman–Crippen LogP) is 3.29. The molecular formula is C23H27N7O. The Kier molecular flexibility index (Phi) is 4.79. The zero-order valence-electron chi connectivity index (χ0n) is 18.0. The van der Waals surface area contributed by atoms with E-state index in [2.05, 4.69) is 31.9 Å². The van der Waals surface area contributed by atoms with Gasteiger partial charge in [-0.1, -0.05) is 0 Å². The highest BCUT2D eigenvalue weighted by Gasteiger charge is 2.59. The number of hydrogen-bond donors (Lipinski definition) is 0. The van der Waals surface area contributed by atoms with E-state index in [9.17, 15) is 4.79 Å². The summed E-state index contributed by atoms with van der Waals surface area (Å²) in [5.41, 5.74) is 3.67. The second-order valence-electron chi connectivity index (χ2n) is 9.10. The molecule has 8 nitrogen and oxygen atoms in total. The summed E-state index contributed by atoms with van der Waals surface area (Å²) in [6, 6.07) is 3.79. The maximum atomic E-state index is 13.5. The van der Waals surface area contributed by atoms with Crippen LogP contribution in [0.5, 0.6) is 0 Å². The lowest BCUT2D eigenvalue weighted by molar-refractivity contribution is -0.138. The first-order valence-electron chi connectivity index (χ1n) is 10.8. The molecule has 1 amide bonds. The molecule has 4 aliphatic rings. The normalized spacial score (nSPS) is 28.5. The van der Waals surface area contributed by atoms with Crippen molar-refractivity contribution in [1.29, 1.82) is 0 Å². The number of anilines is 1. The fourth-order valence-corrected chi connectivity index (χ4v) is 5.51. The largest absolute Gasteiger partial charge is 0.273 e. The van der Waals surface area contributed by atoms with Crippen molar-refractivity contribution >= 4 is 24.5 Å². The van der Waals surface area contributed by atoms with Gasteiger partial charge in [-0.3, -0.25) is 24.8 Å². The second-order valence-corrected chi connectivity index (χ2v) is 9.10. The van der Waals surface area contributed by atoms with Crippen molar-refractivity contribution in [2.75, 3.05) is 11.6 Å². The monoisotopic (exact) mass is 417 g/mol. The average Bonchev–Trinajstić information content (AvgIpc) is 3.46. The number of carbonyl (C=O) groups is 1. The first kappa shape index (κ1) is 19.8. The van der Waals surface area contributed by atoms with Crippen LogP contribution in [0.25, 0.3) is 0 Å². The molecule has 2 aromatic rings. The molecule has 8 heteroatoms. The van der Waals surface area contributed by atoms with E-state index in [4.69, 9.17) is 0 Å². The molecule has 3 saturated carbocycles. The number of hydrazone groups is 2. The van der Waals surface area contributed by atoms with Gasteiger partial charge in [0.2, 0.25) is 5.91 Å². The van der Waals surface area contributed by atoms with E-state index < -0.39 is 0 Å². The molecule has 31 heavy (non-hydrogen) atoms. The first-order chi connectivity index (χ1) is 15.0. The summed E-state index contributed by atoms with van der Waals surface area (Å²) in [5, 5.41) is 12.3.